The molecule has 1 fully saturated rings. The number of aliphatic hydroxyl groups excluding tert-OH is 3. The van der Waals surface area contributed by atoms with E-state index in [4.69, 9.17) is 44.1 Å². The molecular formula is C59H59N7O15. The number of ether oxygens (including phenoxy) is 6. The predicted molar refractivity (Wildman–Crippen MR) is 297 cm³/mol. The van der Waals surface area contributed by atoms with Crippen molar-refractivity contribution in [2.24, 2.45) is 21.6 Å². The van der Waals surface area contributed by atoms with Crippen LogP contribution in [0, 0.1) is 12.8 Å². The number of carboxylic acid groups (broad SMARTS) is 1. The summed E-state index contributed by atoms with van der Waals surface area (Å²) in [6.45, 7) is 2.49. The van der Waals surface area contributed by atoms with Crippen LogP contribution in [0.2, 0.25) is 0 Å². The second-order valence-electron chi connectivity index (χ2n) is 19.9. The third-order valence-corrected chi connectivity index (χ3v) is 14.6. The molecule has 4 aliphatic heterocycles. The molecule has 2 unspecified atom stereocenters. The number of hydrogen-bond donors (Lipinski definition) is 7. The van der Waals surface area contributed by atoms with Gasteiger partial charge in [-0.2, -0.15) is 0 Å². The van der Waals surface area contributed by atoms with Gasteiger partial charge < -0.3 is 69.7 Å². The molecule has 10 rings (SSSR count). The molecule has 0 radical (unpaired) electrons. The van der Waals surface area contributed by atoms with Crippen molar-refractivity contribution in [3.63, 3.8) is 0 Å². The van der Waals surface area contributed by atoms with Gasteiger partial charge in [0.05, 0.1) is 79.7 Å². The van der Waals surface area contributed by atoms with E-state index in [-0.39, 0.29) is 67.1 Å². The number of carbonyl (C=O) groups is 5. The van der Waals surface area contributed by atoms with Gasteiger partial charge in [-0.15, -0.1) is 0 Å². The number of methoxy groups -OCH3 is 2. The Morgan fingerprint density at radius 3 is 1.88 bits per heavy atom. The van der Waals surface area contributed by atoms with Crippen LogP contribution in [0.1, 0.15) is 69.5 Å². The zero-order valence-electron chi connectivity index (χ0n) is 44.3. The summed E-state index contributed by atoms with van der Waals surface area (Å²) in [5.41, 5.74) is 12.2. The third kappa shape index (κ3) is 11.8. The zero-order valence-corrected chi connectivity index (χ0v) is 44.3. The van der Waals surface area contributed by atoms with Crippen molar-refractivity contribution in [3.05, 3.63) is 131 Å². The molecule has 8 N–H and O–H groups in total. The molecule has 22 nitrogen and oxygen atoms in total. The van der Waals surface area contributed by atoms with E-state index in [9.17, 15) is 44.4 Å². The third-order valence-electron chi connectivity index (χ3n) is 14.6. The lowest BCUT2D eigenvalue weighted by atomic mass is 9.81. The number of anilines is 2. The number of hydrogen-bond acceptors (Lipinski definition) is 17. The number of benzene rings is 5. The molecule has 0 aromatic heterocycles. The first-order valence-corrected chi connectivity index (χ1v) is 26.2. The lowest BCUT2D eigenvalue weighted by molar-refractivity contribution is -0.174. The maximum Gasteiger partial charge on any atom is 0.417 e. The van der Waals surface area contributed by atoms with Crippen LogP contribution >= 0.6 is 0 Å². The second kappa shape index (κ2) is 23.7. The highest BCUT2D eigenvalue weighted by Gasteiger charge is 2.47. The molecule has 4 amide bonds. The normalized spacial score (nSPS) is 21.5. The molecule has 5 aromatic carbocycles. The number of carboxylic acids is 1. The summed E-state index contributed by atoms with van der Waals surface area (Å²) in [5, 5.41) is 45.9. The average Bonchev–Trinajstić information content (AvgIpc) is 4.14. The Hall–Kier alpha value is -9.09. The van der Waals surface area contributed by atoms with Gasteiger partial charge in [-0.1, -0.05) is 24.3 Å². The molecule has 5 aromatic rings. The van der Waals surface area contributed by atoms with Crippen molar-refractivity contribution in [1.82, 2.24) is 9.80 Å². The van der Waals surface area contributed by atoms with Crippen molar-refractivity contribution in [1.29, 1.82) is 0 Å². The van der Waals surface area contributed by atoms with E-state index >= 15 is 0 Å². The van der Waals surface area contributed by atoms with Gasteiger partial charge in [0.1, 0.15) is 41.3 Å². The van der Waals surface area contributed by atoms with Gasteiger partial charge in [0.15, 0.2) is 11.5 Å². The van der Waals surface area contributed by atoms with Crippen molar-refractivity contribution in [3.8, 4) is 34.5 Å². The molecule has 7 atom stereocenters. The monoisotopic (exact) mass is 1110 g/mol. The highest BCUT2D eigenvalue weighted by atomic mass is 16.6. The Bertz CT molecular complexity index is 3400. The molecule has 22 heteroatoms. The minimum Gasteiger partial charge on any atom is -0.497 e. The number of nitrogens with one attached hydrogen (secondary N) is 2. The van der Waals surface area contributed by atoms with E-state index in [2.05, 4.69) is 10.6 Å². The van der Waals surface area contributed by atoms with Crippen LogP contribution < -0.4 is 44.8 Å². The highest BCUT2D eigenvalue weighted by molar-refractivity contribution is 6.06. The number of amides is 4. The largest absolute Gasteiger partial charge is 0.497 e. The van der Waals surface area contributed by atoms with Crippen molar-refractivity contribution >= 4 is 76.1 Å². The molecule has 420 valence electrons. The number of carbonyl (C=O) groups excluding carboxylic acids is 4. The van der Waals surface area contributed by atoms with Crippen LogP contribution in [0.4, 0.5) is 27.5 Å². The van der Waals surface area contributed by atoms with Crippen molar-refractivity contribution in [2.75, 3.05) is 44.6 Å². The number of aliphatic carboxylic acids is 1. The molecular weight excluding hydrogens is 1050 g/mol. The first-order chi connectivity index (χ1) is 39.1. The van der Waals surface area contributed by atoms with E-state index in [1.807, 2.05) is 49.7 Å². The van der Waals surface area contributed by atoms with Gasteiger partial charge in [0.2, 0.25) is 5.91 Å². The zero-order chi connectivity index (χ0) is 57.1. The Balaban J connectivity index is 0.727. The van der Waals surface area contributed by atoms with Gasteiger partial charge in [0, 0.05) is 87.4 Å². The molecule has 1 saturated carbocycles. The Kier molecular flexibility index (Phi) is 16.2. The first-order valence-electron chi connectivity index (χ1n) is 26.2. The van der Waals surface area contributed by atoms with Crippen LogP contribution in [-0.4, -0.2) is 143 Å². The fourth-order valence-corrected chi connectivity index (χ4v) is 10.2. The molecule has 81 heavy (non-hydrogen) atoms. The van der Waals surface area contributed by atoms with Crippen LogP contribution in [-0.2, 0) is 9.59 Å². The quantitative estimate of drug-likeness (QED) is 0.0453. The predicted octanol–water partition coefficient (Wildman–Crippen LogP) is 6.64. The number of nitrogens with zero attached hydrogens (tertiary/aromatic N) is 4. The number of aliphatic hydroxyl groups is 3. The minimum absolute atomic E-state index is 0.00436. The molecule has 1 aliphatic carbocycles. The van der Waals surface area contributed by atoms with Crippen LogP contribution in [0.5, 0.6) is 34.5 Å². The topological polar surface area (TPSA) is 303 Å². The maximum absolute atomic E-state index is 14.1. The highest BCUT2D eigenvalue weighted by Crippen LogP contribution is 2.42. The summed E-state index contributed by atoms with van der Waals surface area (Å²) in [6, 6.07) is 25.0. The molecule has 0 bridgehead atoms. The van der Waals surface area contributed by atoms with Gasteiger partial charge >= 0.3 is 12.1 Å². The van der Waals surface area contributed by atoms with Crippen molar-refractivity contribution < 1.29 is 72.8 Å². The number of fused-ring (bicyclic) bond motifs is 4. The van der Waals surface area contributed by atoms with E-state index in [1.54, 1.807) is 71.8 Å². The summed E-state index contributed by atoms with van der Waals surface area (Å²) < 4.78 is 34.7. The summed E-state index contributed by atoms with van der Waals surface area (Å²) in [6.07, 6.45) is 1.01. The number of aliphatic imine (C=N–C) groups is 2. The fraction of sp³-hybridized carbons (Fsp3) is 0.305. The Morgan fingerprint density at radius 1 is 0.679 bits per heavy atom. The van der Waals surface area contributed by atoms with Gasteiger partial charge in [-0.25, -0.2) is 4.79 Å². The van der Waals surface area contributed by atoms with Crippen LogP contribution in [0.3, 0.4) is 0 Å². The lowest BCUT2D eigenvalue weighted by Gasteiger charge is -2.38. The van der Waals surface area contributed by atoms with Gasteiger partial charge in [0.25, 0.3) is 11.8 Å². The molecule has 5 aliphatic rings. The van der Waals surface area contributed by atoms with Gasteiger partial charge in [-0.3, -0.25) is 34.5 Å². The summed E-state index contributed by atoms with van der Waals surface area (Å²) >= 11 is 0. The van der Waals surface area contributed by atoms with Crippen LogP contribution in [0.25, 0.3) is 11.1 Å². The van der Waals surface area contributed by atoms with E-state index < -0.39 is 48.3 Å². The van der Waals surface area contributed by atoms with E-state index in [0.29, 0.717) is 71.3 Å². The standard InChI is InChI=1S/C59H59N7O15/c1-31-19-41-44(61-27-37-21-35(30-65(37)56(41)71)33-7-11-39(76-2)12-8-33)25-48(31)78-17-4-18-79-50-26-45-42(23-49(50)77-3)57(72)66-29-34(20-38(66)28-62-45)32-5-9-36(10-6-32)63-59(75)80-40-13-14-47(46(22-40)64-52(67)15-16-60)81-51-24-43(58(73)74)53(68)55(70)54(51)69/h5-14,19,22-23,25-30,37-38,43,51,53-55,68-70H,4,15-18,20-21,24,60H2,1-3H3,(H,63,75)(H,64,67)(H,73,74)/t37-,38-,43?,51+,53+,54?,55-/m0/s1. The molecule has 0 spiro atoms. The smallest absolute Gasteiger partial charge is 0.417 e. The minimum atomic E-state index is -1.82. The van der Waals surface area contributed by atoms with Crippen molar-refractivity contribution in [2.45, 2.75) is 75.5 Å². The SMILES string of the molecule is COc1ccc(C2=CN3C(=O)c4cc(C)c(OCCCOc5cc6c(cc5OC)C(=O)N5C=C(c7ccc(NC(=O)Oc8ccc(O[C@@H]9CC(C(=O)O)[C@@H](O)[C@H](O)C9O)c(NC(=O)CCN)c8)cc7)C[C@H]5C=N6)cc4N=C[C@@H]3C2)cc1. The van der Waals surface area contributed by atoms with Crippen LogP contribution in [0.15, 0.2) is 113 Å². The Labute approximate surface area is 464 Å². The molecule has 4 heterocycles. The molecule has 0 saturated heterocycles. The van der Waals surface area contributed by atoms with Gasteiger partial charge in [-0.05, 0) is 83.3 Å². The lowest BCUT2D eigenvalue weighted by Crippen LogP contribution is -2.57. The summed E-state index contributed by atoms with van der Waals surface area (Å²) in [5.74, 6) is -1.66. The van der Waals surface area contributed by atoms with E-state index in [1.165, 1.54) is 25.3 Å². The Morgan fingerprint density at radius 2 is 1.27 bits per heavy atom. The average molecular weight is 1110 g/mol. The fourth-order valence-electron chi connectivity index (χ4n) is 10.2. The maximum atomic E-state index is 14.1. The summed E-state index contributed by atoms with van der Waals surface area (Å²) in [4.78, 5) is 78.2. The second-order valence-corrected chi connectivity index (χ2v) is 19.9. The number of aryl methyl sites for hydroxylation is 1. The number of rotatable bonds is 18. The first kappa shape index (κ1) is 55.2. The van der Waals surface area contributed by atoms with E-state index in [0.717, 1.165) is 33.6 Å². The number of nitrogens with two attached hydrogens (primary N) is 1. The summed E-state index contributed by atoms with van der Waals surface area (Å²) in [7, 11) is 3.12.